The summed E-state index contributed by atoms with van der Waals surface area (Å²) in [5, 5.41) is 4.10. The van der Waals surface area contributed by atoms with Crippen molar-refractivity contribution in [1.29, 1.82) is 0 Å². The van der Waals surface area contributed by atoms with E-state index < -0.39 is 5.79 Å². The first-order valence-corrected chi connectivity index (χ1v) is 12.4. The van der Waals surface area contributed by atoms with Gasteiger partial charge in [-0.25, -0.2) is 0 Å². The first-order chi connectivity index (χ1) is 15.9. The summed E-state index contributed by atoms with van der Waals surface area (Å²) >= 11 is 12.4. The number of halogens is 2. The lowest BCUT2D eigenvalue weighted by atomic mass is 9.75. The molecule has 0 radical (unpaired) electrons. The zero-order chi connectivity index (χ0) is 23.2. The minimum Gasteiger partial charge on any atom is -0.350 e. The topological polar surface area (TPSA) is 50.8 Å². The van der Waals surface area contributed by atoms with E-state index in [0.717, 1.165) is 24.8 Å². The van der Waals surface area contributed by atoms with E-state index in [0.29, 0.717) is 29.3 Å². The van der Waals surface area contributed by atoms with Crippen molar-refractivity contribution < 1.29 is 14.3 Å². The second kappa shape index (κ2) is 9.20. The van der Waals surface area contributed by atoms with Crippen molar-refractivity contribution in [2.24, 2.45) is 5.92 Å². The highest BCUT2D eigenvalue weighted by Gasteiger charge is 2.49. The Morgan fingerprint density at radius 2 is 1.82 bits per heavy atom. The molecule has 0 aromatic heterocycles. The zero-order valence-corrected chi connectivity index (χ0v) is 20.5. The first kappa shape index (κ1) is 23.1. The normalized spacial score (nSPS) is 28.7. The molecule has 2 aromatic carbocycles. The van der Waals surface area contributed by atoms with Gasteiger partial charge in [0.2, 0.25) is 11.7 Å². The lowest BCUT2D eigenvalue weighted by molar-refractivity contribution is -0.166. The Morgan fingerprint density at radius 1 is 1.09 bits per heavy atom. The largest absolute Gasteiger partial charge is 0.350 e. The van der Waals surface area contributed by atoms with Gasteiger partial charge in [-0.1, -0.05) is 59.1 Å². The Bertz CT molecular complexity index is 1020. The second-order valence-corrected chi connectivity index (χ2v) is 10.4. The molecule has 3 aliphatic rings. The molecule has 7 heteroatoms. The monoisotopic (exact) mass is 488 g/mol. The van der Waals surface area contributed by atoms with E-state index in [1.54, 1.807) is 12.1 Å². The summed E-state index contributed by atoms with van der Waals surface area (Å²) in [7, 11) is 2.16. The Balaban J connectivity index is 1.39. The van der Waals surface area contributed by atoms with Crippen LogP contribution in [0.5, 0.6) is 0 Å². The molecular weight excluding hydrogens is 459 g/mol. The van der Waals surface area contributed by atoms with E-state index in [1.807, 2.05) is 6.07 Å². The van der Waals surface area contributed by atoms with Crippen molar-refractivity contribution in [2.45, 2.75) is 50.0 Å². The number of carbonyl (C=O) groups is 1. The quantitative estimate of drug-likeness (QED) is 0.651. The molecule has 3 aliphatic heterocycles. The summed E-state index contributed by atoms with van der Waals surface area (Å²) in [6.07, 6.45) is 3.19. The molecule has 5 nitrogen and oxygen atoms in total. The molecule has 33 heavy (non-hydrogen) atoms. The number of fused-ring (bicyclic) bond motifs is 2. The molecule has 3 saturated heterocycles. The van der Waals surface area contributed by atoms with Gasteiger partial charge in [0.05, 0.1) is 35.7 Å². The number of hydrogen-bond donors (Lipinski definition) is 1. The average molecular weight is 489 g/mol. The van der Waals surface area contributed by atoms with Gasteiger partial charge in [-0.2, -0.15) is 0 Å². The molecule has 4 atom stereocenters. The minimum absolute atomic E-state index is 0.0521. The van der Waals surface area contributed by atoms with E-state index in [2.05, 4.69) is 48.5 Å². The van der Waals surface area contributed by atoms with E-state index in [1.165, 1.54) is 11.1 Å². The highest BCUT2D eigenvalue weighted by molar-refractivity contribution is 6.42. The van der Waals surface area contributed by atoms with E-state index in [9.17, 15) is 4.79 Å². The number of rotatable bonds is 5. The third-order valence-corrected chi connectivity index (χ3v) is 8.42. The molecule has 0 unspecified atom stereocenters. The SMILES string of the molecule is Cc1ccc([C@H]2C[C@@H]3CC[C@H]([C@H]2C(=O)NCC2(c4ccc(Cl)c(Cl)c4)OCCO2)N3C)cc1. The summed E-state index contributed by atoms with van der Waals surface area (Å²) in [6.45, 7) is 3.23. The van der Waals surface area contributed by atoms with E-state index in [4.69, 9.17) is 32.7 Å². The van der Waals surface area contributed by atoms with Crippen LogP contribution >= 0.6 is 23.2 Å². The number of nitrogens with zero attached hydrogens (tertiary/aromatic N) is 1. The number of nitrogens with one attached hydrogen (secondary N) is 1. The van der Waals surface area contributed by atoms with Crippen molar-refractivity contribution in [3.8, 4) is 0 Å². The molecule has 0 aliphatic carbocycles. The number of carbonyl (C=O) groups excluding carboxylic acids is 1. The van der Waals surface area contributed by atoms with Crippen molar-refractivity contribution >= 4 is 29.1 Å². The molecular formula is C26H30Cl2N2O3. The van der Waals surface area contributed by atoms with Crippen LogP contribution in [0.1, 0.15) is 41.9 Å². The fraction of sp³-hybridized carbons (Fsp3) is 0.500. The molecule has 3 heterocycles. The molecule has 2 aromatic rings. The fourth-order valence-electron chi connectivity index (χ4n) is 5.86. The van der Waals surface area contributed by atoms with Gasteiger partial charge in [-0.3, -0.25) is 9.69 Å². The predicted octanol–water partition coefficient (Wildman–Crippen LogP) is 4.88. The molecule has 0 saturated carbocycles. The smallest absolute Gasteiger partial charge is 0.225 e. The van der Waals surface area contributed by atoms with E-state index in [-0.39, 0.29) is 30.3 Å². The van der Waals surface area contributed by atoms with Gasteiger partial charge in [-0.15, -0.1) is 0 Å². The van der Waals surface area contributed by atoms with Crippen LogP contribution in [-0.2, 0) is 20.1 Å². The van der Waals surface area contributed by atoms with Crippen molar-refractivity contribution in [3.63, 3.8) is 0 Å². The summed E-state index contributed by atoms with van der Waals surface area (Å²) in [5.74, 6) is -0.923. The highest BCUT2D eigenvalue weighted by atomic mass is 35.5. The van der Waals surface area contributed by atoms with Gasteiger partial charge >= 0.3 is 0 Å². The zero-order valence-electron chi connectivity index (χ0n) is 19.0. The van der Waals surface area contributed by atoms with Gasteiger partial charge < -0.3 is 14.8 Å². The molecule has 176 valence electrons. The van der Waals surface area contributed by atoms with Crippen molar-refractivity contribution in [3.05, 3.63) is 69.2 Å². The lowest BCUT2D eigenvalue weighted by Crippen LogP contribution is -2.53. The van der Waals surface area contributed by atoms with Gasteiger partial charge in [0, 0.05) is 17.6 Å². The lowest BCUT2D eigenvalue weighted by Gasteiger charge is -2.42. The van der Waals surface area contributed by atoms with Crippen LogP contribution in [-0.4, -0.2) is 49.7 Å². The summed E-state index contributed by atoms with van der Waals surface area (Å²) < 4.78 is 12.0. The summed E-state index contributed by atoms with van der Waals surface area (Å²) in [6, 6.07) is 14.8. The van der Waals surface area contributed by atoms with Crippen molar-refractivity contribution in [2.75, 3.05) is 26.8 Å². The Labute approximate surface area is 205 Å². The molecule has 1 N–H and O–H groups in total. The predicted molar refractivity (Wildman–Crippen MR) is 130 cm³/mol. The standard InChI is InChI=1S/C26H30Cl2N2O3/c1-16-3-5-17(6-4-16)20-14-19-8-10-23(30(19)2)24(20)25(31)29-15-26(32-11-12-33-26)18-7-9-21(27)22(28)13-18/h3-7,9,13,19-20,23-24H,8,10-12,14-15H2,1-2H3,(H,29,31)/t19-,20+,23+,24-/m0/s1. The van der Waals surface area contributed by atoms with Crippen LogP contribution < -0.4 is 5.32 Å². The molecule has 3 fully saturated rings. The van der Waals surface area contributed by atoms with Crippen LogP contribution in [0.4, 0.5) is 0 Å². The highest BCUT2D eigenvalue weighted by Crippen LogP contribution is 2.46. The number of benzene rings is 2. The van der Waals surface area contributed by atoms with Gasteiger partial charge in [0.25, 0.3) is 0 Å². The van der Waals surface area contributed by atoms with Crippen LogP contribution in [0.25, 0.3) is 0 Å². The summed E-state index contributed by atoms with van der Waals surface area (Å²) in [4.78, 5) is 16.1. The fourth-order valence-corrected chi connectivity index (χ4v) is 6.16. The number of ether oxygens (including phenoxy) is 2. The third-order valence-electron chi connectivity index (χ3n) is 7.69. The number of aryl methyl sites for hydroxylation is 1. The Kier molecular flexibility index (Phi) is 6.45. The van der Waals surface area contributed by atoms with Gasteiger partial charge in [-0.05, 0) is 56.8 Å². The molecule has 2 bridgehead atoms. The van der Waals surface area contributed by atoms with Gasteiger partial charge in [0.1, 0.15) is 0 Å². The van der Waals surface area contributed by atoms with Crippen LogP contribution in [0, 0.1) is 12.8 Å². The first-order valence-electron chi connectivity index (χ1n) is 11.7. The molecule has 5 rings (SSSR count). The van der Waals surface area contributed by atoms with Crippen LogP contribution in [0.3, 0.4) is 0 Å². The third kappa shape index (κ3) is 4.30. The summed E-state index contributed by atoms with van der Waals surface area (Å²) in [5.41, 5.74) is 3.24. The number of amides is 1. The molecule has 0 spiro atoms. The maximum absolute atomic E-state index is 13.7. The number of piperidine rings is 1. The van der Waals surface area contributed by atoms with E-state index >= 15 is 0 Å². The van der Waals surface area contributed by atoms with Crippen molar-refractivity contribution in [1.82, 2.24) is 10.2 Å². The Hall–Kier alpha value is -1.63. The molecule has 1 amide bonds. The van der Waals surface area contributed by atoms with Gasteiger partial charge in [0.15, 0.2) is 0 Å². The average Bonchev–Trinajstić information content (AvgIpc) is 3.37. The maximum atomic E-state index is 13.7. The number of hydrogen-bond acceptors (Lipinski definition) is 4. The minimum atomic E-state index is -1.05. The Morgan fingerprint density at radius 3 is 2.52 bits per heavy atom. The maximum Gasteiger partial charge on any atom is 0.225 e. The van der Waals surface area contributed by atoms with Crippen LogP contribution in [0.2, 0.25) is 10.0 Å². The van der Waals surface area contributed by atoms with Crippen LogP contribution in [0.15, 0.2) is 42.5 Å². The second-order valence-electron chi connectivity index (χ2n) is 9.54.